The minimum absolute atomic E-state index is 0.0191. The third-order valence-electron chi connectivity index (χ3n) is 2.08. The summed E-state index contributed by atoms with van der Waals surface area (Å²) in [6.07, 6.45) is 1.05. The smallest absolute Gasteiger partial charge is 0.261 e. The predicted molar refractivity (Wildman–Crippen MR) is 62.7 cm³/mol. The van der Waals surface area contributed by atoms with Crippen molar-refractivity contribution in [3.8, 4) is 11.5 Å². The molecular formula is C10H10FN3O3S. The van der Waals surface area contributed by atoms with Gasteiger partial charge < -0.3 is 10.3 Å². The standard InChI is InChI=1S/C10H10FN3O3S/c1-18(15,16)5-9-13-10(17-14-9)7-4-6(12)2-3-8(7)11/h2-4H,5,12H2,1H3. The summed E-state index contributed by atoms with van der Waals surface area (Å²) in [5.41, 5.74) is 5.91. The summed E-state index contributed by atoms with van der Waals surface area (Å²) in [6, 6.07) is 3.91. The van der Waals surface area contributed by atoms with Gasteiger partial charge >= 0.3 is 0 Å². The summed E-state index contributed by atoms with van der Waals surface area (Å²) in [5.74, 6) is -1.05. The highest BCUT2D eigenvalue weighted by Gasteiger charge is 2.16. The van der Waals surface area contributed by atoms with Crippen molar-refractivity contribution in [2.75, 3.05) is 12.0 Å². The Kier molecular flexibility index (Phi) is 3.04. The average molecular weight is 271 g/mol. The number of anilines is 1. The highest BCUT2D eigenvalue weighted by molar-refractivity contribution is 7.89. The van der Waals surface area contributed by atoms with Crippen LogP contribution in [0.3, 0.4) is 0 Å². The quantitative estimate of drug-likeness (QED) is 0.836. The van der Waals surface area contributed by atoms with Gasteiger partial charge in [0, 0.05) is 11.9 Å². The second-order valence-corrected chi connectivity index (χ2v) is 5.97. The molecule has 2 N–H and O–H groups in total. The Bertz CT molecular complexity index is 681. The summed E-state index contributed by atoms with van der Waals surface area (Å²) in [4.78, 5) is 3.82. The second-order valence-electron chi connectivity index (χ2n) is 3.83. The Labute approximate surface area is 103 Å². The first kappa shape index (κ1) is 12.5. The molecule has 1 heterocycles. The van der Waals surface area contributed by atoms with E-state index in [1.807, 2.05) is 0 Å². The zero-order chi connectivity index (χ0) is 13.3. The molecule has 0 aliphatic carbocycles. The van der Waals surface area contributed by atoms with E-state index < -0.39 is 15.7 Å². The number of nitrogen functional groups attached to an aromatic ring is 1. The maximum atomic E-state index is 13.5. The lowest BCUT2D eigenvalue weighted by atomic mass is 10.2. The SMILES string of the molecule is CS(=O)(=O)Cc1noc(-c2cc(N)ccc2F)n1. The Hall–Kier alpha value is -1.96. The van der Waals surface area contributed by atoms with Gasteiger partial charge in [0.05, 0.1) is 5.56 Å². The van der Waals surface area contributed by atoms with Crippen LogP contribution < -0.4 is 5.73 Å². The van der Waals surface area contributed by atoms with Gasteiger partial charge in [0.15, 0.2) is 15.7 Å². The van der Waals surface area contributed by atoms with Crippen molar-refractivity contribution >= 4 is 15.5 Å². The first-order chi connectivity index (χ1) is 8.35. The molecule has 8 heteroatoms. The molecule has 0 saturated carbocycles. The van der Waals surface area contributed by atoms with Crippen LogP contribution in [0.2, 0.25) is 0 Å². The number of rotatable bonds is 3. The molecule has 18 heavy (non-hydrogen) atoms. The van der Waals surface area contributed by atoms with E-state index in [2.05, 4.69) is 10.1 Å². The molecule has 2 rings (SSSR count). The second kappa shape index (κ2) is 4.37. The fraction of sp³-hybridized carbons (Fsp3) is 0.200. The summed E-state index contributed by atoms with van der Waals surface area (Å²) in [6.45, 7) is 0. The first-order valence-electron chi connectivity index (χ1n) is 4.91. The number of aromatic nitrogens is 2. The topological polar surface area (TPSA) is 99.1 Å². The van der Waals surface area contributed by atoms with Crippen LogP contribution in [0.5, 0.6) is 0 Å². The lowest BCUT2D eigenvalue weighted by molar-refractivity contribution is 0.422. The predicted octanol–water partition coefficient (Wildman–Crippen LogP) is 1.00. The molecule has 2 aromatic rings. The van der Waals surface area contributed by atoms with E-state index in [1.165, 1.54) is 18.2 Å². The van der Waals surface area contributed by atoms with E-state index in [0.29, 0.717) is 5.69 Å². The van der Waals surface area contributed by atoms with Gasteiger partial charge in [0.1, 0.15) is 11.6 Å². The Morgan fingerprint density at radius 1 is 1.44 bits per heavy atom. The summed E-state index contributed by atoms with van der Waals surface area (Å²) in [5, 5.41) is 3.48. The van der Waals surface area contributed by atoms with Crippen LogP contribution in [0.25, 0.3) is 11.5 Å². The fourth-order valence-corrected chi connectivity index (χ4v) is 1.95. The number of benzene rings is 1. The van der Waals surface area contributed by atoms with E-state index in [1.54, 1.807) is 0 Å². The van der Waals surface area contributed by atoms with Gasteiger partial charge in [-0.1, -0.05) is 5.16 Å². The highest BCUT2D eigenvalue weighted by atomic mass is 32.2. The van der Waals surface area contributed by atoms with E-state index in [-0.39, 0.29) is 23.0 Å². The highest BCUT2D eigenvalue weighted by Crippen LogP contribution is 2.23. The lowest BCUT2D eigenvalue weighted by Gasteiger charge is -1.98. The van der Waals surface area contributed by atoms with Crippen molar-refractivity contribution in [3.63, 3.8) is 0 Å². The first-order valence-corrected chi connectivity index (χ1v) is 6.97. The number of hydrogen-bond donors (Lipinski definition) is 1. The van der Waals surface area contributed by atoms with Crippen LogP contribution >= 0.6 is 0 Å². The third kappa shape index (κ3) is 2.83. The van der Waals surface area contributed by atoms with E-state index >= 15 is 0 Å². The molecule has 96 valence electrons. The zero-order valence-corrected chi connectivity index (χ0v) is 10.2. The lowest BCUT2D eigenvalue weighted by Crippen LogP contribution is -2.02. The Balaban J connectivity index is 2.38. The summed E-state index contributed by atoms with van der Waals surface area (Å²) < 4.78 is 40.4. The monoisotopic (exact) mass is 271 g/mol. The number of sulfone groups is 1. The van der Waals surface area contributed by atoms with Crippen molar-refractivity contribution in [1.82, 2.24) is 10.1 Å². The largest absolute Gasteiger partial charge is 0.399 e. The van der Waals surface area contributed by atoms with Gasteiger partial charge in [-0.25, -0.2) is 12.8 Å². The maximum Gasteiger partial charge on any atom is 0.261 e. The molecule has 0 bridgehead atoms. The Morgan fingerprint density at radius 3 is 2.83 bits per heavy atom. The van der Waals surface area contributed by atoms with Crippen molar-refractivity contribution in [2.24, 2.45) is 0 Å². The van der Waals surface area contributed by atoms with Crippen molar-refractivity contribution in [3.05, 3.63) is 29.8 Å². The normalized spacial score (nSPS) is 11.7. The van der Waals surface area contributed by atoms with Crippen molar-refractivity contribution in [2.45, 2.75) is 5.75 Å². The van der Waals surface area contributed by atoms with E-state index in [9.17, 15) is 12.8 Å². The molecule has 0 spiro atoms. The van der Waals surface area contributed by atoms with Crippen molar-refractivity contribution in [1.29, 1.82) is 0 Å². The molecule has 0 aliphatic heterocycles. The number of hydrogen-bond acceptors (Lipinski definition) is 6. The number of nitrogens with two attached hydrogens (primary N) is 1. The van der Waals surface area contributed by atoms with Gasteiger partial charge in [-0.3, -0.25) is 0 Å². The maximum absolute atomic E-state index is 13.5. The van der Waals surface area contributed by atoms with Crippen molar-refractivity contribution < 1.29 is 17.3 Å². The molecule has 1 aromatic heterocycles. The molecular weight excluding hydrogens is 261 g/mol. The number of halogens is 1. The average Bonchev–Trinajstić information content (AvgIpc) is 2.67. The van der Waals surface area contributed by atoms with Crippen LogP contribution in [0, 0.1) is 5.82 Å². The van der Waals surface area contributed by atoms with Gasteiger partial charge in [0.2, 0.25) is 0 Å². The van der Waals surface area contributed by atoms with Crippen LogP contribution in [-0.4, -0.2) is 24.8 Å². The molecule has 0 saturated heterocycles. The molecule has 0 fully saturated rings. The van der Waals surface area contributed by atoms with Gasteiger partial charge in [-0.05, 0) is 18.2 Å². The van der Waals surface area contributed by atoms with E-state index in [4.69, 9.17) is 10.3 Å². The van der Waals surface area contributed by atoms with Gasteiger partial charge in [-0.15, -0.1) is 0 Å². The van der Waals surface area contributed by atoms with Crippen LogP contribution in [0.4, 0.5) is 10.1 Å². The van der Waals surface area contributed by atoms with Gasteiger partial charge in [-0.2, -0.15) is 4.98 Å². The molecule has 0 amide bonds. The zero-order valence-electron chi connectivity index (χ0n) is 9.42. The molecule has 0 unspecified atom stereocenters. The molecule has 6 nitrogen and oxygen atoms in total. The summed E-state index contributed by atoms with van der Waals surface area (Å²) >= 11 is 0. The third-order valence-corrected chi connectivity index (χ3v) is 2.86. The Morgan fingerprint density at radius 2 is 2.17 bits per heavy atom. The van der Waals surface area contributed by atoms with Crippen LogP contribution in [0.15, 0.2) is 22.7 Å². The summed E-state index contributed by atoms with van der Waals surface area (Å²) in [7, 11) is -3.27. The fourth-order valence-electron chi connectivity index (χ4n) is 1.36. The minimum atomic E-state index is -3.27. The minimum Gasteiger partial charge on any atom is -0.399 e. The van der Waals surface area contributed by atoms with Crippen LogP contribution in [0.1, 0.15) is 5.82 Å². The van der Waals surface area contributed by atoms with E-state index in [0.717, 1.165) is 6.26 Å². The molecule has 0 atom stereocenters. The van der Waals surface area contributed by atoms with Crippen LogP contribution in [-0.2, 0) is 15.6 Å². The molecule has 1 aromatic carbocycles. The number of nitrogens with zero attached hydrogens (tertiary/aromatic N) is 2. The molecule has 0 aliphatic rings. The van der Waals surface area contributed by atoms with Gasteiger partial charge in [0.25, 0.3) is 5.89 Å². The molecule has 0 radical (unpaired) electrons.